The van der Waals surface area contributed by atoms with Gasteiger partial charge in [-0.2, -0.15) is 0 Å². The van der Waals surface area contributed by atoms with E-state index in [1.807, 2.05) is 11.0 Å². The molecule has 1 aromatic carbocycles. The highest BCUT2D eigenvalue weighted by Gasteiger charge is 2.38. The second-order valence-corrected chi connectivity index (χ2v) is 10.0. The van der Waals surface area contributed by atoms with Crippen LogP contribution in [0.3, 0.4) is 0 Å². The molecular weight excluding hydrogens is 444 g/mol. The van der Waals surface area contributed by atoms with Crippen molar-refractivity contribution in [2.75, 3.05) is 66.6 Å². The van der Waals surface area contributed by atoms with Crippen molar-refractivity contribution in [3.8, 4) is 11.5 Å². The Morgan fingerprint density at radius 1 is 0.914 bits per heavy atom. The van der Waals surface area contributed by atoms with Crippen LogP contribution in [0.4, 0.5) is 0 Å². The smallest absolute Gasteiger partial charge is 0.261 e. The number of carbonyl (C=O) groups is 2. The summed E-state index contributed by atoms with van der Waals surface area (Å²) in [7, 11) is 3.14. The standard InChI is InChI=1S/C27H42N4O4/c1-34-22-11-8-12-23(35-2)24(22)27(33)31-19-17-30(18-20-31)25(21-9-4-5-10-21)26(32)28-13-16-29-14-6-3-7-15-29/h8,11-12,21,25H,3-7,9-10,13-20H2,1-2H3,(H,28,32)/t25-/m1/s1. The van der Waals surface area contributed by atoms with Crippen molar-refractivity contribution < 1.29 is 19.1 Å². The van der Waals surface area contributed by atoms with Gasteiger partial charge in [-0.05, 0) is 56.8 Å². The number of methoxy groups -OCH3 is 2. The predicted octanol–water partition coefficient (Wildman–Crippen LogP) is 2.62. The molecule has 8 nitrogen and oxygen atoms in total. The van der Waals surface area contributed by atoms with Gasteiger partial charge in [0.2, 0.25) is 5.91 Å². The van der Waals surface area contributed by atoms with Gasteiger partial charge in [0, 0.05) is 39.3 Å². The van der Waals surface area contributed by atoms with Crippen LogP contribution in [0.25, 0.3) is 0 Å². The molecule has 0 radical (unpaired) electrons. The second-order valence-electron chi connectivity index (χ2n) is 10.0. The molecule has 0 aromatic heterocycles. The molecule has 4 rings (SSSR count). The van der Waals surface area contributed by atoms with Crippen LogP contribution in [-0.4, -0.2) is 99.1 Å². The van der Waals surface area contributed by atoms with Crippen molar-refractivity contribution in [2.45, 2.75) is 51.0 Å². The van der Waals surface area contributed by atoms with E-state index in [0.717, 1.165) is 32.5 Å². The summed E-state index contributed by atoms with van der Waals surface area (Å²) in [6.07, 6.45) is 8.49. The molecule has 3 fully saturated rings. The van der Waals surface area contributed by atoms with Gasteiger partial charge in [0.15, 0.2) is 0 Å². The zero-order valence-corrected chi connectivity index (χ0v) is 21.5. The van der Waals surface area contributed by atoms with Crippen molar-refractivity contribution >= 4 is 11.8 Å². The maximum absolute atomic E-state index is 13.4. The molecule has 2 heterocycles. The molecule has 0 unspecified atom stereocenters. The van der Waals surface area contributed by atoms with E-state index >= 15 is 0 Å². The number of nitrogens with zero attached hydrogens (tertiary/aromatic N) is 3. The third-order valence-corrected chi connectivity index (χ3v) is 7.93. The van der Waals surface area contributed by atoms with E-state index in [4.69, 9.17) is 9.47 Å². The Morgan fingerprint density at radius 2 is 1.54 bits per heavy atom. The highest BCUT2D eigenvalue weighted by molar-refractivity contribution is 5.99. The van der Waals surface area contributed by atoms with Crippen LogP contribution in [0.1, 0.15) is 55.3 Å². The predicted molar refractivity (Wildman–Crippen MR) is 136 cm³/mol. The summed E-state index contributed by atoms with van der Waals surface area (Å²) in [6.45, 7) is 6.52. The lowest BCUT2D eigenvalue weighted by molar-refractivity contribution is -0.129. The number of piperazine rings is 1. The molecule has 1 saturated carbocycles. The van der Waals surface area contributed by atoms with Gasteiger partial charge in [0.1, 0.15) is 17.1 Å². The molecular formula is C27H42N4O4. The maximum Gasteiger partial charge on any atom is 0.261 e. The third kappa shape index (κ3) is 6.28. The molecule has 2 saturated heterocycles. The number of ether oxygens (including phenoxy) is 2. The number of carbonyl (C=O) groups excluding carboxylic acids is 2. The Morgan fingerprint density at radius 3 is 2.14 bits per heavy atom. The van der Waals surface area contributed by atoms with Crippen molar-refractivity contribution in [1.82, 2.24) is 20.0 Å². The monoisotopic (exact) mass is 486 g/mol. The molecule has 2 amide bonds. The minimum absolute atomic E-state index is 0.0812. The summed E-state index contributed by atoms with van der Waals surface area (Å²) in [5.41, 5.74) is 0.466. The fraction of sp³-hybridized carbons (Fsp3) is 0.704. The molecule has 35 heavy (non-hydrogen) atoms. The molecule has 3 aliphatic rings. The van der Waals surface area contributed by atoms with E-state index in [2.05, 4.69) is 15.1 Å². The number of likely N-dealkylation sites (tertiary alicyclic amines) is 1. The molecule has 0 bridgehead atoms. The number of hydrogen-bond donors (Lipinski definition) is 1. The molecule has 8 heteroatoms. The summed E-state index contributed by atoms with van der Waals surface area (Å²) >= 11 is 0. The number of piperidine rings is 1. The summed E-state index contributed by atoms with van der Waals surface area (Å²) in [4.78, 5) is 33.4. The van der Waals surface area contributed by atoms with Gasteiger partial charge in [-0.15, -0.1) is 0 Å². The lowest BCUT2D eigenvalue weighted by atomic mass is 9.95. The van der Waals surface area contributed by atoms with E-state index in [1.165, 1.54) is 32.1 Å². The van der Waals surface area contributed by atoms with Gasteiger partial charge in [0.05, 0.1) is 20.3 Å². The van der Waals surface area contributed by atoms with Crippen molar-refractivity contribution in [1.29, 1.82) is 0 Å². The first kappa shape index (κ1) is 25.8. The number of hydrogen-bond acceptors (Lipinski definition) is 6. The largest absolute Gasteiger partial charge is 0.496 e. The van der Waals surface area contributed by atoms with Gasteiger partial charge in [-0.25, -0.2) is 0 Å². The fourth-order valence-electron chi connectivity index (χ4n) is 6.00. The Balaban J connectivity index is 1.36. The minimum Gasteiger partial charge on any atom is -0.496 e. The molecule has 2 aliphatic heterocycles. The topological polar surface area (TPSA) is 74.3 Å². The molecule has 1 aliphatic carbocycles. The van der Waals surface area contributed by atoms with E-state index in [-0.39, 0.29) is 17.9 Å². The lowest BCUT2D eigenvalue weighted by Crippen LogP contribution is -2.58. The van der Waals surface area contributed by atoms with E-state index < -0.39 is 0 Å². The van der Waals surface area contributed by atoms with Crippen LogP contribution in [0, 0.1) is 5.92 Å². The Labute approximate surface area is 209 Å². The molecule has 1 atom stereocenters. The SMILES string of the molecule is COc1cccc(OC)c1C(=O)N1CCN([C@@H](C(=O)NCCN2CCCCC2)C2CCCC2)CC1. The lowest BCUT2D eigenvalue weighted by Gasteiger charge is -2.41. The van der Waals surface area contributed by atoms with Crippen molar-refractivity contribution in [3.63, 3.8) is 0 Å². The molecule has 1 N–H and O–H groups in total. The minimum atomic E-state index is -0.100. The Kier molecular flexibility index (Phi) is 9.26. The Bertz CT molecular complexity index is 821. The zero-order valence-electron chi connectivity index (χ0n) is 21.5. The first-order chi connectivity index (χ1) is 17.1. The molecule has 1 aromatic rings. The highest BCUT2D eigenvalue weighted by Crippen LogP contribution is 2.32. The van der Waals surface area contributed by atoms with Crippen molar-refractivity contribution in [2.24, 2.45) is 5.92 Å². The average Bonchev–Trinajstić information content (AvgIpc) is 3.43. The van der Waals surface area contributed by atoms with Crippen LogP contribution in [0.5, 0.6) is 11.5 Å². The van der Waals surface area contributed by atoms with E-state index in [0.29, 0.717) is 55.7 Å². The number of nitrogens with one attached hydrogen (secondary N) is 1. The summed E-state index contributed by atoms with van der Waals surface area (Å²) < 4.78 is 10.9. The Hall–Kier alpha value is -2.32. The maximum atomic E-state index is 13.4. The van der Waals surface area contributed by atoms with Crippen LogP contribution in [0.15, 0.2) is 18.2 Å². The van der Waals surface area contributed by atoms with Gasteiger partial charge >= 0.3 is 0 Å². The summed E-state index contributed by atoms with van der Waals surface area (Å²) in [5, 5.41) is 3.26. The van der Waals surface area contributed by atoms with Crippen LogP contribution < -0.4 is 14.8 Å². The normalized spacial score (nSPS) is 21.0. The summed E-state index contributed by atoms with van der Waals surface area (Å²) in [5.74, 6) is 1.53. The van der Waals surface area contributed by atoms with Gasteiger partial charge in [0.25, 0.3) is 5.91 Å². The average molecular weight is 487 g/mol. The van der Waals surface area contributed by atoms with Crippen LogP contribution >= 0.6 is 0 Å². The molecule has 0 spiro atoms. The van der Waals surface area contributed by atoms with E-state index in [1.54, 1.807) is 26.4 Å². The second kappa shape index (κ2) is 12.6. The first-order valence-corrected chi connectivity index (χ1v) is 13.4. The fourth-order valence-corrected chi connectivity index (χ4v) is 6.00. The third-order valence-electron chi connectivity index (χ3n) is 7.93. The highest BCUT2D eigenvalue weighted by atomic mass is 16.5. The van der Waals surface area contributed by atoms with Crippen molar-refractivity contribution in [3.05, 3.63) is 23.8 Å². The number of amides is 2. The summed E-state index contributed by atoms with van der Waals surface area (Å²) in [6, 6.07) is 5.30. The van der Waals surface area contributed by atoms with Crippen LogP contribution in [-0.2, 0) is 4.79 Å². The quantitative estimate of drug-likeness (QED) is 0.579. The van der Waals surface area contributed by atoms with E-state index in [9.17, 15) is 9.59 Å². The molecule has 194 valence electrons. The van der Waals surface area contributed by atoms with Gasteiger partial charge < -0.3 is 24.6 Å². The first-order valence-electron chi connectivity index (χ1n) is 13.4. The zero-order chi connectivity index (χ0) is 24.6. The van der Waals surface area contributed by atoms with Crippen LogP contribution in [0.2, 0.25) is 0 Å². The van der Waals surface area contributed by atoms with Gasteiger partial charge in [-0.1, -0.05) is 25.3 Å². The number of benzene rings is 1. The van der Waals surface area contributed by atoms with Gasteiger partial charge in [-0.3, -0.25) is 14.5 Å². The number of rotatable bonds is 9.